The van der Waals surface area contributed by atoms with Crippen molar-refractivity contribution >= 4 is 11.8 Å². The van der Waals surface area contributed by atoms with E-state index < -0.39 is 0 Å². The smallest absolute Gasteiger partial charge is 0.000127 e. The Morgan fingerprint density at radius 3 is 2.25 bits per heavy atom. The van der Waals surface area contributed by atoms with Crippen molar-refractivity contribution in [2.45, 2.75) is 20.3 Å². The summed E-state index contributed by atoms with van der Waals surface area (Å²) >= 11 is 1.81. The lowest BCUT2D eigenvalue weighted by atomic mass is 10.2. The van der Waals surface area contributed by atoms with Crippen molar-refractivity contribution in [3.05, 3.63) is 22.0 Å². The zero-order valence-electron chi connectivity index (χ0n) is 5.32. The quantitative estimate of drug-likeness (QED) is 0.481. The lowest BCUT2D eigenvalue weighted by Crippen LogP contribution is -1.66. The van der Waals surface area contributed by atoms with Crippen molar-refractivity contribution in [1.82, 2.24) is 0 Å². The normalized spacial score (nSPS) is 20.5. The molecule has 0 atom stereocenters. The van der Waals surface area contributed by atoms with Crippen LogP contribution in [0, 0.1) is 0 Å². The number of hydrogen-bond acceptors (Lipinski definition) is 1. The molecule has 0 bridgehead atoms. The Bertz CT molecular complexity index is 138. The molecule has 1 heterocycles. The minimum atomic E-state index is 1.11. The molecule has 0 N–H and O–H groups in total. The third-order valence-corrected chi connectivity index (χ3v) is 2.45. The Morgan fingerprint density at radius 2 is 2.12 bits per heavy atom. The summed E-state index contributed by atoms with van der Waals surface area (Å²) < 4.78 is 0. The van der Waals surface area contributed by atoms with Crippen LogP contribution in [0.15, 0.2) is 22.0 Å². The topological polar surface area (TPSA) is 0 Å². The van der Waals surface area contributed by atoms with E-state index in [9.17, 15) is 0 Å². The third-order valence-electron chi connectivity index (χ3n) is 1.36. The second kappa shape index (κ2) is 1.98. The molecule has 0 aromatic heterocycles. The fourth-order valence-electron chi connectivity index (χ4n) is 0.760. The van der Waals surface area contributed by atoms with Crippen LogP contribution < -0.4 is 0 Å². The van der Waals surface area contributed by atoms with Crippen LogP contribution in [0.1, 0.15) is 20.3 Å². The summed E-state index contributed by atoms with van der Waals surface area (Å²) in [5.41, 5.74) is 1.49. The second-order valence-corrected chi connectivity index (χ2v) is 3.55. The highest BCUT2D eigenvalue weighted by Gasteiger charge is 2.09. The van der Waals surface area contributed by atoms with E-state index in [2.05, 4.69) is 20.4 Å². The summed E-state index contributed by atoms with van der Waals surface area (Å²) in [5.74, 6) is 0. The van der Waals surface area contributed by atoms with E-state index in [0.29, 0.717) is 0 Å². The second-order valence-electron chi connectivity index (χ2n) is 2.15. The first-order valence-electron chi connectivity index (χ1n) is 2.72. The molecule has 0 nitrogen and oxygen atoms in total. The minimum Gasteiger partial charge on any atom is -0.0996 e. The van der Waals surface area contributed by atoms with E-state index in [1.807, 2.05) is 11.8 Å². The summed E-state index contributed by atoms with van der Waals surface area (Å²) in [4.78, 5) is 2.73. The fraction of sp³-hybridized carbons (Fsp3) is 0.429. The molecule has 44 valence electrons. The minimum absolute atomic E-state index is 1.11. The number of thioether (sulfide) groups is 1. The van der Waals surface area contributed by atoms with Gasteiger partial charge in [0, 0.05) is 0 Å². The van der Waals surface area contributed by atoms with Crippen LogP contribution in [-0.2, 0) is 0 Å². The Kier molecular flexibility index (Phi) is 1.47. The van der Waals surface area contributed by atoms with Gasteiger partial charge in [-0.05, 0) is 30.1 Å². The molecule has 0 aliphatic carbocycles. The SMILES string of the molecule is C=C1CC(C)=C(C)S1. The van der Waals surface area contributed by atoms with Gasteiger partial charge in [0.05, 0.1) is 0 Å². The molecular formula is C7H10S. The van der Waals surface area contributed by atoms with Crippen LogP contribution in [-0.4, -0.2) is 0 Å². The van der Waals surface area contributed by atoms with Crippen LogP contribution in [0.25, 0.3) is 0 Å². The lowest BCUT2D eigenvalue weighted by Gasteiger charge is -1.86. The molecule has 0 saturated heterocycles. The highest BCUT2D eigenvalue weighted by Crippen LogP contribution is 2.38. The Hall–Kier alpha value is -0.170. The zero-order chi connectivity index (χ0) is 6.15. The number of rotatable bonds is 0. The molecule has 0 aromatic carbocycles. The predicted molar refractivity (Wildman–Crippen MR) is 39.7 cm³/mol. The van der Waals surface area contributed by atoms with Gasteiger partial charge in [-0.1, -0.05) is 23.9 Å². The Balaban J connectivity index is 2.73. The van der Waals surface area contributed by atoms with Gasteiger partial charge in [0.15, 0.2) is 0 Å². The molecule has 0 aromatic rings. The van der Waals surface area contributed by atoms with Gasteiger partial charge >= 0.3 is 0 Å². The maximum atomic E-state index is 3.88. The van der Waals surface area contributed by atoms with E-state index in [0.717, 1.165) is 6.42 Å². The summed E-state index contributed by atoms with van der Waals surface area (Å²) in [7, 11) is 0. The average Bonchev–Trinajstić information content (AvgIpc) is 1.85. The number of allylic oxidation sites excluding steroid dienone is 3. The van der Waals surface area contributed by atoms with Gasteiger partial charge in [0.25, 0.3) is 0 Å². The van der Waals surface area contributed by atoms with Crippen molar-refractivity contribution in [2.24, 2.45) is 0 Å². The molecule has 0 spiro atoms. The summed E-state index contributed by atoms with van der Waals surface area (Å²) in [5, 5.41) is 0. The Labute approximate surface area is 54.7 Å². The first-order valence-corrected chi connectivity index (χ1v) is 3.54. The first-order chi connectivity index (χ1) is 3.70. The highest BCUT2D eigenvalue weighted by molar-refractivity contribution is 8.07. The van der Waals surface area contributed by atoms with E-state index in [4.69, 9.17) is 0 Å². The lowest BCUT2D eigenvalue weighted by molar-refractivity contribution is 1.20. The van der Waals surface area contributed by atoms with Gasteiger partial charge in [-0.3, -0.25) is 0 Å². The predicted octanol–water partition coefficient (Wildman–Crippen LogP) is 2.93. The van der Waals surface area contributed by atoms with E-state index in [1.54, 1.807) is 0 Å². The molecule has 1 heteroatoms. The Morgan fingerprint density at radius 1 is 1.50 bits per heavy atom. The van der Waals surface area contributed by atoms with Crippen molar-refractivity contribution in [1.29, 1.82) is 0 Å². The summed E-state index contributed by atoms with van der Waals surface area (Å²) in [6.45, 7) is 8.19. The largest absolute Gasteiger partial charge is 0.0996 e. The molecule has 1 rings (SSSR count). The molecule has 0 saturated carbocycles. The van der Waals surface area contributed by atoms with E-state index >= 15 is 0 Å². The van der Waals surface area contributed by atoms with Crippen LogP contribution in [0.4, 0.5) is 0 Å². The van der Waals surface area contributed by atoms with E-state index in [1.165, 1.54) is 15.4 Å². The summed E-state index contributed by atoms with van der Waals surface area (Å²) in [6, 6.07) is 0. The molecular weight excluding hydrogens is 116 g/mol. The van der Waals surface area contributed by atoms with Crippen molar-refractivity contribution in [2.75, 3.05) is 0 Å². The van der Waals surface area contributed by atoms with E-state index in [-0.39, 0.29) is 0 Å². The van der Waals surface area contributed by atoms with Gasteiger partial charge < -0.3 is 0 Å². The van der Waals surface area contributed by atoms with Gasteiger partial charge in [-0.2, -0.15) is 0 Å². The van der Waals surface area contributed by atoms with Gasteiger partial charge in [-0.15, -0.1) is 0 Å². The monoisotopic (exact) mass is 126 g/mol. The highest BCUT2D eigenvalue weighted by atomic mass is 32.2. The molecule has 0 fully saturated rings. The summed E-state index contributed by atoms with van der Waals surface area (Å²) in [6.07, 6.45) is 1.11. The van der Waals surface area contributed by atoms with Gasteiger partial charge in [0.1, 0.15) is 0 Å². The third kappa shape index (κ3) is 0.972. The maximum absolute atomic E-state index is 3.88. The maximum Gasteiger partial charge on any atom is -0.000127 e. The molecule has 0 unspecified atom stereocenters. The van der Waals surface area contributed by atoms with Gasteiger partial charge in [0.2, 0.25) is 0 Å². The van der Waals surface area contributed by atoms with Crippen LogP contribution in [0.2, 0.25) is 0 Å². The number of hydrogen-bond donors (Lipinski definition) is 0. The molecule has 8 heavy (non-hydrogen) atoms. The zero-order valence-corrected chi connectivity index (χ0v) is 6.14. The van der Waals surface area contributed by atoms with Crippen molar-refractivity contribution in [3.63, 3.8) is 0 Å². The average molecular weight is 126 g/mol. The van der Waals surface area contributed by atoms with Crippen LogP contribution in [0.3, 0.4) is 0 Å². The van der Waals surface area contributed by atoms with Crippen molar-refractivity contribution in [3.8, 4) is 0 Å². The standard InChI is InChI=1S/C7H10S/c1-5-4-6(2)8-7(5)3/h2,4H2,1,3H3. The van der Waals surface area contributed by atoms with Crippen molar-refractivity contribution < 1.29 is 0 Å². The van der Waals surface area contributed by atoms with Gasteiger partial charge in [-0.25, -0.2) is 0 Å². The van der Waals surface area contributed by atoms with Crippen LogP contribution >= 0.6 is 11.8 Å². The fourth-order valence-corrected chi connectivity index (χ4v) is 1.73. The first kappa shape index (κ1) is 5.96. The van der Waals surface area contributed by atoms with Crippen LogP contribution in [0.5, 0.6) is 0 Å². The molecule has 1 aliphatic heterocycles. The molecule has 1 aliphatic rings. The molecule has 0 radical (unpaired) electrons. The molecule has 0 amide bonds.